The molecule has 0 saturated heterocycles. The van der Waals surface area contributed by atoms with Crippen molar-refractivity contribution in [1.82, 2.24) is 0 Å². The van der Waals surface area contributed by atoms with Gasteiger partial charge in [-0.1, -0.05) is 24.8 Å². The Morgan fingerprint density at radius 3 is 2.44 bits per heavy atom. The lowest BCUT2D eigenvalue weighted by Gasteiger charge is -1.89. The summed E-state index contributed by atoms with van der Waals surface area (Å²) >= 11 is 0. The van der Waals surface area contributed by atoms with Gasteiger partial charge in [0, 0.05) is 6.07 Å². The fourth-order valence-electron chi connectivity index (χ4n) is 0.675. The van der Waals surface area contributed by atoms with Crippen molar-refractivity contribution in [3.8, 4) is 5.75 Å². The lowest BCUT2D eigenvalue weighted by molar-refractivity contribution is 0.474. The summed E-state index contributed by atoms with van der Waals surface area (Å²) in [5.41, 5.74) is 0.887. The molecule has 0 aliphatic carbocycles. The zero-order valence-electron chi connectivity index (χ0n) is 5.09. The van der Waals surface area contributed by atoms with Gasteiger partial charge in [-0.15, -0.1) is 0 Å². The second kappa shape index (κ2) is 2.35. The molecule has 0 aromatic heterocycles. The smallest absolute Gasteiger partial charge is 0.261 e. The molecule has 0 aliphatic heterocycles. The molecule has 2 N–H and O–H groups in total. The summed E-state index contributed by atoms with van der Waals surface area (Å²) < 4.78 is 0. The molecule has 1 nitrogen and oxygen atoms in total. The van der Waals surface area contributed by atoms with Crippen molar-refractivity contribution in [3.63, 3.8) is 0 Å². The van der Waals surface area contributed by atoms with Crippen molar-refractivity contribution in [2.45, 2.75) is 0 Å². The number of rotatable bonds is 1. The maximum absolute atomic E-state index is 7.30. The molecule has 1 rings (SSSR count). The van der Waals surface area contributed by atoms with Gasteiger partial charge in [0.15, 0.2) is 0 Å². The maximum Gasteiger partial charge on any atom is 0.261 e. The Bertz CT molecular complexity index is 216. The first-order valence-corrected chi connectivity index (χ1v) is 2.77. The Kier molecular flexibility index (Phi) is 1.54. The van der Waals surface area contributed by atoms with Gasteiger partial charge in [0.25, 0.3) is 5.75 Å². The molecule has 0 saturated carbocycles. The molecule has 46 valence electrons. The normalized spacial score (nSPS) is 8.89. The van der Waals surface area contributed by atoms with E-state index in [-0.39, 0.29) is 0 Å². The highest BCUT2D eigenvalue weighted by Gasteiger charge is 1.95. The van der Waals surface area contributed by atoms with E-state index >= 15 is 0 Å². The van der Waals surface area contributed by atoms with Crippen LogP contribution in [-0.2, 0) is 0 Å². The van der Waals surface area contributed by atoms with Crippen LogP contribution in [0.3, 0.4) is 0 Å². The van der Waals surface area contributed by atoms with E-state index in [0.717, 1.165) is 5.56 Å². The Morgan fingerprint density at radius 2 is 2.00 bits per heavy atom. The molecule has 0 unspecified atom stereocenters. The lowest BCUT2D eigenvalue weighted by atomic mass is 10.2. The minimum Gasteiger partial charge on any atom is -0.593 e. The van der Waals surface area contributed by atoms with Crippen LogP contribution in [0.15, 0.2) is 30.8 Å². The zero-order chi connectivity index (χ0) is 6.69. The van der Waals surface area contributed by atoms with Crippen molar-refractivity contribution in [3.05, 3.63) is 36.4 Å². The maximum atomic E-state index is 7.30. The van der Waals surface area contributed by atoms with E-state index < -0.39 is 0 Å². The van der Waals surface area contributed by atoms with Crippen molar-refractivity contribution in [2.75, 3.05) is 0 Å². The van der Waals surface area contributed by atoms with E-state index in [2.05, 4.69) is 6.58 Å². The van der Waals surface area contributed by atoms with Gasteiger partial charge in [-0.25, -0.2) is 0 Å². The molecule has 0 heterocycles. The molecule has 0 amide bonds. The molecule has 0 bridgehead atoms. The highest BCUT2D eigenvalue weighted by Crippen LogP contribution is 2.15. The topological polar surface area (TPSA) is 22.9 Å². The van der Waals surface area contributed by atoms with Gasteiger partial charge >= 0.3 is 0 Å². The fourth-order valence-corrected chi connectivity index (χ4v) is 0.675. The van der Waals surface area contributed by atoms with Crippen LogP contribution in [0.5, 0.6) is 5.75 Å². The van der Waals surface area contributed by atoms with Gasteiger partial charge < -0.3 is 5.11 Å². The molecule has 0 atom stereocenters. The van der Waals surface area contributed by atoms with Gasteiger partial charge in [0.1, 0.15) is 0 Å². The lowest BCUT2D eigenvalue weighted by Crippen LogP contribution is -1.69. The van der Waals surface area contributed by atoms with E-state index in [1.165, 1.54) is 0 Å². The zero-order valence-corrected chi connectivity index (χ0v) is 5.09. The van der Waals surface area contributed by atoms with Crippen LogP contribution in [0.4, 0.5) is 0 Å². The van der Waals surface area contributed by atoms with Gasteiger partial charge in [0.2, 0.25) is 0 Å². The van der Waals surface area contributed by atoms with E-state index in [0.29, 0.717) is 5.75 Å². The molecule has 0 spiro atoms. The number of hydrogen-bond acceptors (Lipinski definition) is 0. The molecule has 0 radical (unpaired) electrons. The van der Waals surface area contributed by atoms with E-state index in [1.54, 1.807) is 12.1 Å². The van der Waals surface area contributed by atoms with Crippen molar-refractivity contribution in [1.29, 1.82) is 0 Å². The van der Waals surface area contributed by atoms with Crippen LogP contribution in [0.2, 0.25) is 0 Å². The average Bonchev–Trinajstić information content (AvgIpc) is 1.89. The highest BCUT2D eigenvalue weighted by atomic mass is 16.3. The first-order chi connectivity index (χ1) is 4.34. The van der Waals surface area contributed by atoms with Crippen molar-refractivity contribution >= 4 is 6.08 Å². The van der Waals surface area contributed by atoms with Crippen molar-refractivity contribution in [2.24, 2.45) is 0 Å². The predicted molar refractivity (Wildman–Crippen MR) is 39.6 cm³/mol. The molecular weight excluding hydrogens is 112 g/mol. The second-order valence-corrected chi connectivity index (χ2v) is 1.79. The van der Waals surface area contributed by atoms with Crippen molar-refractivity contribution < 1.29 is 5.11 Å². The van der Waals surface area contributed by atoms with Gasteiger partial charge in [-0.3, -0.25) is 0 Å². The first kappa shape index (κ1) is 5.89. The summed E-state index contributed by atoms with van der Waals surface area (Å²) in [6.07, 6.45) is 1.68. The summed E-state index contributed by atoms with van der Waals surface area (Å²) in [5, 5.41) is 7.30. The third kappa shape index (κ3) is 1.11. The second-order valence-electron chi connectivity index (χ2n) is 1.79. The Labute approximate surface area is 54.3 Å². The monoisotopic (exact) mass is 121 g/mol. The van der Waals surface area contributed by atoms with Crippen LogP contribution >= 0.6 is 0 Å². The highest BCUT2D eigenvalue weighted by molar-refractivity contribution is 5.54. The Balaban J connectivity index is 3.15. The van der Waals surface area contributed by atoms with Crippen LogP contribution < -0.4 is 0 Å². The van der Waals surface area contributed by atoms with Crippen LogP contribution in [0.25, 0.3) is 6.08 Å². The molecule has 0 aliphatic rings. The SMILES string of the molecule is C=Cc1ccccc1[OH2+]. The van der Waals surface area contributed by atoms with Gasteiger partial charge in [-0.05, 0) is 6.07 Å². The number of para-hydroxylation sites is 1. The Hall–Kier alpha value is -1.24. The first-order valence-electron chi connectivity index (χ1n) is 2.77. The van der Waals surface area contributed by atoms with E-state index in [4.69, 9.17) is 5.11 Å². The summed E-state index contributed by atoms with van der Waals surface area (Å²) in [7, 11) is 0. The molecule has 1 aromatic rings. The van der Waals surface area contributed by atoms with E-state index in [9.17, 15) is 0 Å². The molecular formula is C8H9O+. The Morgan fingerprint density at radius 1 is 1.33 bits per heavy atom. The van der Waals surface area contributed by atoms with Gasteiger partial charge in [-0.2, -0.15) is 0 Å². The van der Waals surface area contributed by atoms with E-state index in [1.807, 2.05) is 18.2 Å². The minimum absolute atomic E-state index is 0.535. The summed E-state index contributed by atoms with van der Waals surface area (Å²) in [5.74, 6) is 0.535. The molecule has 9 heavy (non-hydrogen) atoms. The predicted octanol–water partition coefficient (Wildman–Crippen LogP) is 1.77. The summed E-state index contributed by atoms with van der Waals surface area (Å²) in [4.78, 5) is 0. The van der Waals surface area contributed by atoms with Crippen LogP contribution in [0, 0.1) is 0 Å². The van der Waals surface area contributed by atoms with Crippen LogP contribution in [0.1, 0.15) is 5.56 Å². The summed E-state index contributed by atoms with van der Waals surface area (Å²) in [6.45, 7) is 3.57. The largest absolute Gasteiger partial charge is 0.593 e. The standard InChI is InChI=1S/C8H8O/c1-2-7-5-3-4-6-8(7)9/h2-6,9H,1H2/p+1. The molecule has 1 aromatic carbocycles. The van der Waals surface area contributed by atoms with Crippen LogP contribution in [-0.4, -0.2) is 5.11 Å². The molecule has 1 heteroatoms. The fraction of sp³-hybridized carbons (Fsp3) is 0. The average molecular weight is 121 g/mol. The number of hydrogen-bond donors (Lipinski definition) is 0. The third-order valence-corrected chi connectivity index (χ3v) is 1.18. The van der Waals surface area contributed by atoms with Gasteiger partial charge in [0.05, 0.1) is 5.56 Å². The molecule has 0 fully saturated rings. The minimum atomic E-state index is 0.535. The quantitative estimate of drug-likeness (QED) is 0.505. The summed E-state index contributed by atoms with van der Waals surface area (Å²) in [6, 6.07) is 7.36. The number of benzene rings is 1. The third-order valence-electron chi connectivity index (χ3n) is 1.18.